The first kappa shape index (κ1) is 25.3. The molecule has 3 rings (SSSR count). The summed E-state index contributed by atoms with van der Waals surface area (Å²) in [5.74, 6) is -3.40. The van der Waals surface area contributed by atoms with Crippen LogP contribution in [0.4, 0.5) is 32.0 Å². The molecular formula is C24H14F6N2O3. The Labute approximate surface area is 194 Å². The van der Waals surface area contributed by atoms with Gasteiger partial charge in [0.25, 0.3) is 0 Å². The smallest absolute Gasteiger partial charge is 0.416 e. The Kier molecular flexibility index (Phi) is 7.14. The van der Waals surface area contributed by atoms with Gasteiger partial charge in [0.2, 0.25) is 5.91 Å². The zero-order valence-corrected chi connectivity index (χ0v) is 17.4. The molecule has 3 aromatic carbocycles. The van der Waals surface area contributed by atoms with Gasteiger partial charge >= 0.3 is 12.4 Å². The van der Waals surface area contributed by atoms with Crippen LogP contribution < -0.4 is 10.1 Å². The van der Waals surface area contributed by atoms with Crippen molar-refractivity contribution in [2.75, 3.05) is 5.32 Å². The van der Waals surface area contributed by atoms with E-state index in [9.17, 15) is 41.2 Å². The molecule has 0 aliphatic heterocycles. The van der Waals surface area contributed by atoms with E-state index in [1.807, 2.05) is 0 Å². The molecule has 180 valence electrons. The van der Waals surface area contributed by atoms with Gasteiger partial charge in [-0.05, 0) is 60.7 Å². The molecular weight excluding hydrogens is 478 g/mol. The van der Waals surface area contributed by atoms with Crippen molar-refractivity contribution in [3.63, 3.8) is 0 Å². The molecule has 0 aliphatic carbocycles. The van der Waals surface area contributed by atoms with Crippen LogP contribution in [0.2, 0.25) is 0 Å². The van der Waals surface area contributed by atoms with Crippen LogP contribution in [0.1, 0.15) is 21.5 Å². The molecule has 35 heavy (non-hydrogen) atoms. The monoisotopic (exact) mass is 492 g/mol. The number of carbonyl (C=O) groups is 2. The molecule has 0 saturated heterocycles. The predicted octanol–water partition coefficient (Wildman–Crippen LogP) is 6.48. The second-order valence-electron chi connectivity index (χ2n) is 7.14. The quantitative estimate of drug-likeness (QED) is 0.243. The summed E-state index contributed by atoms with van der Waals surface area (Å²) in [5, 5.41) is 11.6. The maximum atomic E-state index is 12.7. The lowest BCUT2D eigenvalue weighted by Gasteiger charge is -2.12. The fourth-order valence-corrected chi connectivity index (χ4v) is 2.90. The number of anilines is 1. The Balaban J connectivity index is 1.64. The standard InChI is InChI=1S/C24H14F6N2O3/c25-23(26,27)15-3-1-14(2-4-15)21(33)20(13-31)22(34)32-17-7-11-19(12-8-17)35-18-9-5-16(6-10-18)24(28,29)30/h1-12,20H,(H,32,34). The van der Waals surface area contributed by atoms with E-state index in [1.54, 1.807) is 0 Å². The second kappa shape index (κ2) is 9.89. The van der Waals surface area contributed by atoms with Crippen molar-refractivity contribution in [3.8, 4) is 17.6 Å². The second-order valence-corrected chi connectivity index (χ2v) is 7.14. The van der Waals surface area contributed by atoms with Gasteiger partial charge in [0.1, 0.15) is 11.5 Å². The van der Waals surface area contributed by atoms with Crippen LogP contribution >= 0.6 is 0 Å². The lowest BCUT2D eigenvalue weighted by atomic mass is 9.97. The highest BCUT2D eigenvalue weighted by Gasteiger charge is 2.32. The predicted molar refractivity (Wildman–Crippen MR) is 111 cm³/mol. The number of nitrogens with one attached hydrogen (secondary N) is 1. The van der Waals surface area contributed by atoms with Crippen LogP contribution in [0.3, 0.4) is 0 Å². The van der Waals surface area contributed by atoms with Gasteiger partial charge in [0.15, 0.2) is 11.7 Å². The molecule has 0 spiro atoms. The molecule has 0 fully saturated rings. The number of hydrogen-bond donors (Lipinski definition) is 1. The molecule has 1 N–H and O–H groups in total. The molecule has 1 unspecified atom stereocenters. The summed E-state index contributed by atoms with van der Waals surface area (Å²) in [5.41, 5.74) is -1.87. The van der Waals surface area contributed by atoms with Gasteiger partial charge in [-0.2, -0.15) is 31.6 Å². The van der Waals surface area contributed by atoms with E-state index in [2.05, 4.69) is 5.32 Å². The van der Waals surface area contributed by atoms with E-state index >= 15 is 0 Å². The number of hydrogen-bond acceptors (Lipinski definition) is 4. The minimum atomic E-state index is -4.60. The molecule has 3 aromatic rings. The van der Waals surface area contributed by atoms with E-state index in [1.165, 1.54) is 30.3 Å². The normalized spacial score (nSPS) is 12.4. The number of rotatable bonds is 6. The zero-order chi connectivity index (χ0) is 25.8. The summed E-state index contributed by atoms with van der Waals surface area (Å²) in [6, 6.07) is 14.2. The third-order valence-electron chi connectivity index (χ3n) is 4.69. The number of nitrogens with zero attached hydrogens (tertiary/aromatic N) is 1. The van der Waals surface area contributed by atoms with Crippen molar-refractivity contribution < 1.29 is 40.7 Å². The first-order valence-corrected chi connectivity index (χ1v) is 9.75. The average Bonchev–Trinajstić information content (AvgIpc) is 2.80. The highest BCUT2D eigenvalue weighted by atomic mass is 19.4. The number of ketones is 1. The number of halogens is 6. The third-order valence-corrected chi connectivity index (χ3v) is 4.69. The summed E-state index contributed by atoms with van der Waals surface area (Å²) < 4.78 is 81.3. The maximum Gasteiger partial charge on any atom is 0.416 e. The molecule has 0 radical (unpaired) electrons. The molecule has 0 bridgehead atoms. The fraction of sp³-hybridized carbons (Fsp3) is 0.125. The van der Waals surface area contributed by atoms with Gasteiger partial charge in [-0.25, -0.2) is 0 Å². The third kappa shape index (κ3) is 6.38. The fourth-order valence-electron chi connectivity index (χ4n) is 2.90. The number of amides is 1. The lowest BCUT2D eigenvalue weighted by molar-refractivity contribution is -0.138. The van der Waals surface area contributed by atoms with Gasteiger partial charge < -0.3 is 10.1 Å². The van der Waals surface area contributed by atoms with E-state index < -0.39 is 41.1 Å². The Morgan fingerprint density at radius 1 is 0.743 bits per heavy atom. The Hall–Kier alpha value is -4.33. The summed E-state index contributed by atoms with van der Waals surface area (Å²) in [6.45, 7) is 0. The molecule has 0 saturated carbocycles. The topological polar surface area (TPSA) is 79.2 Å². The van der Waals surface area contributed by atoms with Crippen LogP contribution in [0.5, 0.6) is 11.5 Å². The molecule has 11 heteroatoms. The van der Waals surface area contributed by atoms with Crippen molar-refractivity contribution in [1.82, 2.24) is 0 Å². The number of benzene rings is 3. The van der Waals surface area contributed by atoms with Crippen molar-refractivity contribution >= 4 is 17.4 Å². The number of carbonyl (C=O) groups excluding carboxylic acids is 2. The minimum Gasteiger partial charge on any atom is -0.457 e. The number of nitriles is 1. The van der Waals surface area contributed by atoms with Gasteiger partial charge in [-0.3, -0.25) is 9.59 Å². The summed E-state index contributed by atoms with van der Waals surface area (Å²) >= 11 is 0. The van der Waals surface area contributed by atoms with Gasteiger partial charge in [-0.1, -0.05) is 12.1 Å². The first-order chi connectivity index (χ1) is 16.4. The van der Waals surface area contributed by atoms with Crippen molar-refractivity contribution in [3.05, 3.63) is 89.5 Å². The van der Waals surface area contributed by atoms with Gasteiger partial charge in [-0.15, -0.1) is 0 Å². The van der Waals surface area contributed by atoms with Crippen LogP contribution in [0.15, 0.2) is 72.8 Å². The van der Waals surface area contributed by atoms with Gasteiger partial charge in [0, 0.05) is 11.3 Å². The minimum absolute atomic E-state index is 0.140. The lowest BCUT2D eigenvalue weighted by Crippen LogP contribution is -2.28. The zero-order valence-electron chi connectivity index (χ0n) is 17.4. The van der Waals surface area contributed by atoms with Crippen LogP contribution in [0, 0.1) is 17.2 Å². The SMILES string of the molecule is N#CC(C(=O)Nc1ccc(Oc2ccc(C(F)(F)F)cc2)cc1)C(=O)c1ccc(C(F)(F)F)cc1. The van der Waals surface area contributed by atoms with E-state index in [4.69, 9.17) is 4.74 Å². The highest BCUT2D eigenvalue weighted by Crippen LogP contribution is 2.32. The maximum absolute atomic E-state index is 12.7. The Bertz CT molecular complexity index is 1240. The highest BCUT2D eigenvalue weighted by molar-refractivity contribution is 6.15. The number of ether oxygens (including phenoxy) is 1. The van der Waals surface area contributed by atoms with E-state index in [0.29, 0.717) is 12.1 Å². The summed E-state index contributed by atoms with van der Waals surface area (Å²) in [6.07, 6.45) is -9.08. The van der Waals surface area contributed by atoms with Crippen LogP contribution in [0.25, 0.3) is 0 Å². The summed E-state index contributed by atoms with van der Waals surface area (Å²) in [7, 11) is 0. The first-order valence-electron chi connectivity index (χ1n) is 9.75. The summed E-state index contributed by atoms with van der Waals surface area (Å²) in [4.78, 5) is 24.9. The molecule has 0 aliphatic rings. The Morgan fingerprint density at radius 3 is 1.60 bits per heavy atom. The molecule has 1 amide bonds. The van der Waals surface area contributed by atoms with Crippen molar-refractivity contribution in [1.29, 1.82) is 5.26 Å². The van der Waals surface area contributed by atoms with Crippen molar-refractivity contribution in [2.24, 2.45) is 5.92 Å². The van der Waals surface area contributed by atoms with E-state index in [0.717, 1.165) is 36.4 Å². The Morgan fingerprint density at radius 2 is 1.17 bits per heavy atom. The van der Waals surface area contributed by atoms with Crippen LogP contribution in [-0.2, 0) is 17.1 Å². The number of alkyl halides is 6. The molecule has 5 nitrogen and oxygen atoms in total. The van der Waals surface area contributed by atoms with Crippen molar-refractivity contribution in [2.45, 2.75) is 12.4 Å². The van der Waals surface area contributed by atoms with Gasteiger partial charge in [0.05, 0.1) is 17.2 Å². The molecule has 0 aromatic heterocycles. The van der Waals surface area contributed by atoms with E-state index in [-0.39, 0.29) is 22.7 Å². The number of Topliss-reactive ketones (excluding diaryl/α,β-unsaturated/α-hetero) is 1. The molecule has 1 atom stereocenters. The van der Waals surface area contributed by atoms with Crippen LogP contribution in [-0.4, -0.2) is 11.7 Å². The average molecular weight is 492 g/mol. The largest absolute Gasteiger partial charge is 0.457 e. The molecule has 0 heterocycles.